The SMILES string of the molecule is C=C(C)C(=O)OCCC[Si](C)(O[SiH](C)C)O[SiH](C)C. The molecule has 0 aromatic carbocycles. The summed E-state index contributed by atoms with van der Waals surface area (Å²) in [5.41, 5.74) is 0.441. The highest BCUT2D eigenvalue weighted by Crippen LogP contribution is 2.18. The highest BCUT2D eigenvalue weighted by Gasteiger charge is 2.32. The molecule has 0 N–H and O–H groups in total. The minimum Gasteiger partial charge on any atom is -0.462 e. The van der Waals surface area contributed by atoms with Gasteiger partial charge in [0.1, 0.15) is 0 Å². The van der Waals surface area contributed by atoms with E-state index in [2.05, 4.69) is 39.3 Å². The van der Waals surface area contributed by atoms with Crippen molar-refractivity contribution in [2.75, 3.05) is 6.61 Å². The maximum absolute atomic E-state index is 11.3. The van der Waals surface area contributed by atoms with Gasteiger partial charge >= 0.3 is 14.5 Å². The Bertz CT molecular complexity index is 295. The van der Waals surface area contributed by atoms with Crippen LogP contribution in [0.4, 0.5) is 0 Å². The molecular weight excluding hydrogens is 292 g/mol. The first-order valence-corrected chi connectivity index (χ1v) is 14.9. The van der Waals surface area contributed by atoms with E-state index in [-0.39, 0.29) is 5.97 Å². The standard InChI is InChI=1S/C12H28O4Si3/c1-11(2)12(13)14-9-8-10-19(7,15-17(3)4)16-18(5)6/h17-18H,1,8-10H2,2-7H3. The number of ether oxygens (including phenoxy) is 1. The van der Waals surface area contributed by atoms with Crippen molar-refractivity contribution in [1.82, 2.24) is 0 Å². The monoisotopic (exact) mass is 320 g/mol. The molecule has 0 saturated carbocycles. The third kappa shape index (κ3) is 9.33. The van der Waals surface area contributed by atoms with Gasteiger partial charge in [-0.25, -0.2) is 4.79 Å². The quantitative estimate of drug-likeness (QED) is 0.283. The van der Waals surface area contributed by atoms with Crippen LogP contribution in [0.25, 0.3) is 0 Å². The number of hydrogen-bond acceptors (Lipinski definition) is 4. The topological polar surface area (TPSA) is 44.8 Å². The minimum atomic E-state index is -2.07. The predicted octanol–water partition coefficient (Wildman–Crippen LogP) is 2.57. The van der Waals surface area contributed by atoms with Gasteiger partial charge in [0, 0.05) is 5.57 Å². The molecular formula is C12H28O4Si3. The Balaban J connectivity index is 4.19. The Kier molecular flexibility index (Phi) is 8.75. The Morgan fingerprint density at radius 3 is 2.00 bits per heavy atom. The first kappa shape index (κ1) is 18.8. The molecule has 0 bridgehead atoms. The number of carbonyl (C=O) groups excluding carboxylic acids is 1. The van der Waals surface area contributed by atoms with Crippen LogP contribution >= 0.6 is 0 Å². The van der Waals surface area contributed by atoms with Crippen LogP contribution in [0.1, 0.15) is 13.3 Å². The fraction of sp³-hybridized carbons (Fsp3) is 0.750. The fourth-order valence-electron chi connectivity index (χ4n) is 1.82. The number of rotatable bonds is 9. The molecule has 0 atom stereocenters. The lowest BCUT2D eigenvalue weighted by molar-refractivity contribution is -0.138. The van der Waals surface area contributed by atoms with E-state index >= 15 is 0 Å². The van der Waals surface area contributed by atoms with E-state index < -0.39 is 26.6 Å². The van der Waals surface area contributed by atoms with Gasteiger partial charge in [-0.1, -0.05) is 6.58 Å². The lowest BCUT2D eigenvalue weighted by Gasteiger charge is -2.31. The zero-order chi connectivity index (χ0) is 15.1. The Morgan fingerprint density at radius 2 is 1.63 bits per heavy atom. The van der Waals surface area contributed by atoms with E-state index in [0.29, 0.717) is 12.2 Å². The van der Waals surface area contributed by atoms with Crippen LogP contribution in [0.5, 0.6) is 0 Å². The van der Waals surface area contributed by atoms with Gasteiger partial charge in [-0.15, -0.1) is 0 Å². The lowest BCUT2D eigenvalue weighted by atomic mass is 10.4. The van der Waals surface area contributed by atoms with Gasteiger partial charge in [-0.05, 0) is 52.1 Å². The van der Waals surface area contributed by atoms with Gasteiger partial charge in [-0.3, -0.25) is 0 Å². The maximum Gasteiger partial charge on any atom is 0.333 e. The molecule has 0 aliphatic carbocycles. The predicted molar refractivity (Wildman–Crippen MR) is 86.7 cm³/mol. The summed E-state index contributed by atoms with van der Waals surface area (Å²) >= 11 is 0. The summed E-state index contributed by atoms with van der Waals surface area (Å²) < 4.78 is 17.4. The Morgan fingerprint density at radius 1 is 1.16 bits per heavy atom. The summed E-state index contributed by atoms with van der Waals surface area (Å²) in [4.78, 5) is 11.3. The molecule has 0 aliphatic heterocycles. The van der Waals surface area contributed by atoms with E-state index in [1.165, 1.54) is 0 Å². The van der Waals surface area contributed by atoms with Gasteiger partial charge in [0.25, 0.3) is 0 Å². The fourth-order valence-corrected chi connectivity index (χ4v) is 12.3. The highest BCUT2D eigenvalue weighted by molar-refractivity contribution is 6.79. The molecule has 0 unspecified atom stereocenters. The van der Waals surface area contributed by atoms with Crippen molar-refractivity contribution in [2.24, 2.45) is 0 Å². The Labute approximate surface area is 121 Å². The second kappa shape index (κ2) is 8.85. The van der Waals surface area contributed by atoms with Crippen LogP contribution in [0.15, 0.2) is 12.2 Å². The molecule has 0 aromatic rings. The molecule has 0 heterocycles. The first-order chi connectivity index (χ1) is 8.66. The maximum atomic E-state index is 11.3. The van der Waals surface area contributed by atoms with Crippen molar-refractivity contribution in [2.45, 2.75) is 52.1 Å². The zero-order valence-electron chi connectivity index (χ0n) is 13.1. The Hall–Kier alpha value is -0.219. The summed E-state index contributed by atoms with van der Waals surface area (Å²) in [5.74, 6) is -0.318. The molecule has 7 heteroatoms. The normalized spacial score (nSPS) is 12.0. The minimum absolute atomic E-state index is 0.318. The molecule has 4 nitrogen and oxygen atoms in total. The molecule has 0 amide bonds. The molecule has 19 heavy (non-hydrogen) atoms. The smallest absolute Gasteiger partial charge is 0.333 e. The van der Waals surface area contributed by atoms with E-state index in [0.717, 1.165) is 12.5 Å². The van der Waals surface area contributed by atoms with Crippen molar-refractivity contribution >= 4 is 32.6 Å². The first-order valence-electron chi connectivity index (χ1n) is 6.84. The molecule has 0 saturated heterocycles. The van der Waals surface area contributed by atoms with Gasteiger partial charge in [-0.2, -0.15) is 0 Å². The second-order valence-corrected chi connectivity index (χ2v) is 14.3. The van der Waals surface area contributed by atoms with Gasteiger partial charge in [0.05, 0.1) is 6.61 Å². The molecule has 0 radical (unpaired) electrons. The molecule has 0 rings (SSSR count). The van der Waals surface area contributed by atoms with Crippen molar-refractivity contribution in [3.05, 3.63) is 12.2 Å². The van der Waals surface area contributed by atoms with E-state index in [1.54, 1.807) is 6.92 Å². The van der Waals surface area contributed by atoms with Gasteiger partial charge in [0.2, 0.25) is 0 Å². The summed E-state index contributed by atoms with van der Waals surface area (Å²) in [6.45, 7) is 16.4. The van der Waals surface area contributed by atoms with E-state index in [1.807, 2.05) is 0 Å². The molecule has 0 spiro atoms. The lowest BCUT2D eigenvalue weighted by Crippen LogP contribution is -2.45. The largest absolute Gasteiger partial charge is 0.462 e. The third-order valence-electron chi connectivity index (χ3n) is 2.33. The number of carbonyl (C=O) groups is 1. The molecule has 0 fully saturated rings. The molecule has 112 valence electrons. The summed E-state index contributed by atoms with van der Waals surface area (Å²) in [6, 6.07) is 0.882. The van der Waals surface area contributed by atoms with Crippen LogP contribution in [-0.4, -0.2) is 39.2 Å². The summed E-state index contributed by atoms with van der Waals surface area (Å²) in [7, 11) is -4.27. The van der Waals surface area contributed by atoms with Crippen LogP contribution in [0.3, 0.4) is 0 Å². The second-order valence-electron chi connectivity index (χ2n) is 5.49. The van der Waals surface area contributed by atoms with Crippen LogP contribution in [0, 0.1) is 0 Å². The van der Waals surface area contributed by atoms with E-state index in [4.69, 9.17) is 13.0 Å². The molecule has 0 aliphatic rings. The average Bonchev–Trinajstić information content (AvgIpc) is 2.21. The van der Waals surface area contributed by atoms with Gasteiger partial charge in [0.15, 0.2) is 18.1 Å². The highest BCUT2D eigenvalue weighted by atomic mass is 28.5. The summed E-state index contributed by atoms with van der Waals surface area (Å²) in [6.07, 6.45) is 0.796. The molecule has 0 aromatic heterocycles. The van der Waals surface area contributed by atoms with Gasteiger partial charge < -0.3 is 13.0 Å². The third-order valence-corrected chi connectivity index (χ3v) is 11.3. The number of esters is 1. The summed E-state index contributed by atoms with van der Waals surface area (Å²) in [5, 5.41) is 0. The van der Waals surface area contributed by atoms with Crippen molar-refractivity contribution in [1.29, 1.82) is 0 Å². The zero-order valence-corrected chi connectivity index (χ0v) is 16.4. The van der Waals surface area contributed by atoms with Crippen LogP contribution in [-0.2, 0) is 17.8 Å². The van der Waals surface area contributed by atoms with Crippen molar-refractivity contribution in [3.63, 3.8) is 0 Å². The number of hydrogen-bond donors (Lipinski definition) is 0. The van der Waals surface area contributed by atoms with Crippen molar-refractivity contribution in [3.8, 4) is 0 Å². The van der Waals surface area contributed by atoms with Crippen LogP contribution in [0.2, 0.25) is 38.8 Å². The van der Waals surface area contributed by atoms with Crippen molar-refractivity contribution < 1.29 is 17.8 Å². The van der Waals surface area contributed by atoms with E-state index in [9.17, 15) is 4.79 Å². The average molecular weight is 321 g/mol. The van der Waals surface area contributed by atoms with Crippen LogP contribution < -0.4 is 0 Å².